The lowest BCUT2D eigenvalue weighted by molar-refractivity contribution is 0.0943. The van der Waals surface area contributed by atoms with E-state index in [-0.39, 0.29) is 17.7 Å². The van der Waals surface area contributed by atoms with E-state index >= 15 is 0 Å². The van der Waals surface area contributed by atoms with Crippen LogP contribution in [0.3, 0.4) is 0 Å². The van der Waals surface area contributed by atoms with Crippen molar-refractivity contribution in [2.45, 2.75) is 25.9 Å². The molecule has 1 N–H and O–H groups in total. The number of aliphatic hydroxyl groups is 1. The lowest BCUT2D eigenvalue weighted by Crippen LogP contribution is -2.42. The number of hydrogen-bond donors (Lipinski definition) is 1. The van der Waals surface area contributed by atoms with Crippen LogP contribution in [0.1, 0.15) is 18.4 Å². The van der Waals surface area contributed by atoms with Crippen LogP contribution in [0.2, 0.25) is 0 Å². The molecule has 1 amide bonds. The van der Waals surface area contributed by atoms with Crippen LogP contribution in [0.25, 0.3) is 27.8 Å². The van der Waals surface area contributed by atoms with Crippen molar-refractivity contribution in [3.63, 3.8) is 0 Å². The minimum Gasteiger partial charge on any atom is -0.393 e. The number of carbonyl (C=O) groups is 1. The van der Waals surface area contributed by atoms with Gasteiger partial charge in [0.05, 0.1) is 22.9 Å². The predicted octanol–water partition coefficient (Wildman–Crippen LogP) is 3.03. The van der Waals surface area contributed by atoms with Crippen LogP contribution in [0.4, 0.5) is 4.79 Å². The molecule has 0 aromatic heterocycles. The molecule has 0 unspecified atom stereocenters. The molecule has 0 saturated carbocycles. The summed E-state index contributed by atoms with van der Waals surface area (Å²) in [4.78, 5) is 28.2. The van der Waals surface area contributed by atoms with Gasteiger partial charge in [0, 0.05) is 24.7 Å². The molecule has 3 aliphatic rings. The Morgan fingerprint density at radius 3 is 2.57 bits per heavy atom. The zero-order valence-electron chi connectivity index (χ0n) is 16.7. The quantitative estimate of drug-likeness (QED) is 0.531. The Morgan fingerprint density at radius 1 is 1.10 bits per heavy atom. The number of likely N-dealkylation sites (tertiary alicyclic amines) is 1. The van der Waals surface area contributed by atoms with Crippen molar-refractivity contribution in [2.24, 2.45) is 0 Å². The van der Waals surface area contributed by atoms with Gasteiger partial charge in [-0.05, 0) is 44.0 Å². The number of carbonyl (C=O) groups excluding carboxylic acids is 1. The third kappa shape index (κ3) is 2.98. The second-order valence-corrected chi connectivity index (χ2v) is 7.84. The number of fused-ring (bicyclic) bond motifs is 3. The van der Waals surface area contributed by atoms with Gasteiger partial charge in [0.2, 0.25) is 0 Å². The number of hydrogen-bond acceptors (Lipinski definition) is 4. The van der Waals surface area contributed by atoms with Gasteiger partial charge in [0.25, 0.3) is 5.56 Å². The predicted molar refractivity (Wildman–Crippen MR) is 114 cm³/mol. The second-order valence-electron chi connectivity index (χ2n) is 7.84. The molecule has 2 aromatic carbocycles. The van der Waals surface area contributed by atoms with Gasteiger partial charge in [-0.25, -0.2) is 4.79 Å². The molecule has 0 spiro atoms. The van der Waals surface area contributed by atoms with E-state index in [0.717, 1.165) is 10.9 Å². The van der Waals surface area contributed by atoms with E-state index in [0.29, 0.717) is 48.4 Å². The van der Waals surface area contributed by atoms with Gasteiger partial charge in [-0.3, -0.25) is 9.36 Å². The number of aromatic nitrogens is 3. The molecule has 0 atom stereocenters. The summed E-state index contributed by atoms with van der Waals surface area (Å²) in [5, 5.41) is 15.1. The van der Waals surface area contributed by atoms with Crippen LogP contribution in [0.15, 0.2) is 59.5 Å². The number of para-hydroxylation sites is 1. The van der Waals surface area contributed by atoms with Gasteiger partial charge in [-0.15, -0.1) is 0 Å². The SMILES string of the molecule is Cc1ccc2c(c1)c1nn(-c3ccccc3)c(=O)c-1cn2C(=O)N1CCC(O)CC1. The molecule has 1 saturated heterocycles. The van der Waals surface area contributed by atoms with Crippen LogP contribution in [-0.2, 0) is 0 Å². The molecule has 5 rings (SSSR count). The molecule has 0 bridgehead atoms. The molecule has 3 aliphatic heterocycles. The smallest absolute Gasteiger partial charge is 0.328 e. The Hall–Kier alpha value is -3.45. The summed E-state index contributed by atoms with van der Waals surface area (Å²) < 4.78 is 2.94. The maximum Gasteiger partial charge on any atom is 0.328 e. The van der Waals surface area contributed by atoms with E-state index in [9.17, 15) is 14.7 Å². The summed E-state index contributed by atoms with van der Waals surface area (Å²) in [6.45, 7) is 2.96. The Kier molecular flexibility index (Phi) is 4.40. The van der Waals surface area contributed by atoms with Crippen molar-refractivity contribution in [3.05, 3.63) is 70.6 Å². The van der Waals surface area contributed by atoms with Crippen LogP contribution < -0.4 is 5.56 Å². The molecule has 152 valence electrons. The van der Waals surface area contributed by atoms with Gasteiger partial charge < -0.3 is 10.0 Å². The zero-order valence-corrected chi connectivity index (χ0v) is 16.7. The van der Waals surface area contributed by atoms with E-state index < -0.39 is 0 Å². The number of rotatable bonds is 1. The first-order valence-corrected chi connectivity index (χ1v) is 10.1. The highest BCUT2D eigenvalue weighted by atomic mass is 16.3. The van der Waals surface area contributed by atoms with Crippen LogP contribution in [0, 0.1) is 6.92 Å². The number of pyridine rings is 1. The Bertz CT molecular complexity index is 1270. The lowest BCUT2D eigenvalue weighted by Gasteiger charge is -2.30. The molecule has 7 heteroatoms. The van der Waals surface area contributed by atoms with Gasteiger partial charge in [-0.2, -0.15) is 9.78 Å². The zero-order chi connectivity index (χ0) is 20.8. The molecule has 2 aromatic rings. The van der Waals surface area contributed by atoms with E-state index in [1.807, 2.05) is 55.5 Å². The van der Waals surface area contributed by atoms with Gasteiger partial charge >= 0.3 is 6.03 Å². The largest absolute Gasteiger partial charge is 0.393 e. The average Bonchev–Trinajstić information content (AvgIpc) is 3.10. The van der Waals surface area contributed by atoms with Gasteiger partial charge in [-0.1, -0.05) is 29.8 Å². The normalized spacial score (nSPS) is 15.2. The molecule has 3 heterocycles. The maximum atomic E-state index is 13.3. The van der Waals surface area contributed by atoms with Crippen molar-refractivity contribution in [1.82, 2.24) is 19.2 Å². The summed E-state index contributed by atoms with van der Waals surface area (Å²) in [5.41, 5.74) is 3.15. The Balaban J connectivity index is 1.73. The molecule has 0 radical (unpaired) electrons. The summed E-state index contributed by atoms with van der Waals surface area (Å²) in [7, 11) is 0. The third-order valence-corrected chi connectivity index (χ3v) is 5.74. The summed E-state index contributed by atoms with van der Waals surface area (Å²) in [6.07, 6.45) is 2.36. The first kappa shape index (κ1) is 18.6. The third-order valence-electron chi connectivity index (χ3n) is 5.74. The first-order valence-electron chi connectivity index (χ1n) is 10.1. The highest BCUT2D eigenvalue weighted by Gasteiger charge is 2.27. The minimum atomic E-state index is -0.363. The fraction of sp³-hybridized carbons (Fsp3) is 0.261. The average molecular weight is 402 g/mol. The lowest BCUT2D eigenvalue weighted by atomic mass is 10.1. The van der Waals surface area contributed by atoms with Gasteiger partial charge in [0.15, 0.2) is 0 Å². The van der Waals surface area contributed by atoms with Crippen LogP contribution in [0.5, 0.6) is 0 Å². The van der Waals surface area contributed by atoms with Crippen LogP contribution >= 0.6 is 0 Å². The fourth-order valence-electron chi connectivity index (χ4n) is 4.09. The second kappa shape index (κ2) is 7.11. The number of benzene rings is 2. The summed E-state index contributed by atoms with van der Waals surface area (Å²) in [6, 6.07) is 14.9. The molecular formula is C23H22N4O3. The molecule has 0 aliphatic carbocycles. The first-order chi connectivity index (χ1) is 14.5. The Labute approximate surface area is 173 Å². The summed E-state index contributed by atoms with van der Waals surface area (Å²) in [5.74, 6) is 0. The van der Waals surface area contributed by atoms with Crippen molar-refractivity contribution in [3.8, 4) is 16.9 Å². The molecule has 30 heavy (non-hydrogen) atoms. The fourth-order valence-corrected chi connectivity index (χ4v) is 4.09. The van der Waals surface area contributed by atoms with Gasteiger partial charge in [0.1, 0.15) is 5.69 Å². The topological polar surface area (TPSA) is 80.4 Å². The maximum absolute atomic E-state index is 13.3. The number of aryl methyl sites for hydroxylation is 1. The monoisotopic (exact) mass is 402 g/mol. The minimum absolute atomic E-state index is 0.190. The molecular weight excluding hydrogens is 380 g/mol. The number of amides is 1. The van der Waals surface area contributed by atoms with Crippen molar-refractivity contribution in [1.29, 1.82) is 0 Å². The standard InChI is InChI=1S/C23H22N4O3/c1-15-7-8-20-18(13-15)21-19(22(29)27(24-21)16-5-3-2-4-6-16)14-26(20)23(30)25-11-9-17(28)10-12-25/h2-8,13-14,17,28H,9-12H2,1H3. The number of nitrogens with zero attached hydrogens (tertiary/aromatic N) is 4. The Morgan fingerprint density at radius 2 is 1.83 bits per heavy atom. The van der Waals surface area contributed by atoms with Crippen molar-refractivity contribution >= 4 is 16.9 Å². The van der Waals surface area contributed by atoms with Crippen LogP contribution in [-0.4, -0.2) is 49.6 Å². The van der Waals surface area contributed by atoms with E-state index in [2.05, 4.69) is 5.10 Å². The van der Waals surface area contributed by atoms with E-state index in [1.54, 1.807) is 15.7 Å². The van der Waals surface area contributed by atoms with Crippen molar-refractivity contribution in [2.75, 3.05) is 13.1 Å². The van der Waals surface area contributed by atoms with Crippen molar-refractivity contribution < 1.29 is 9.90 Å². The van der Waals surface area contributed by atoms with E-state index in [1.165, 1.54) is 4.68 Å². The highest BCUT2D eigenvalue weighted by Crippen LogP contribution is 2.29. The highest BCUT2D eigenvalue weighted by molar-refractivity contribution is 5.99. The molecule has 1 fully saturated rings. The number of aliphatic hydroxyl groups excluding tert-OH is 1. The summed E-state index contributed by atoms with van der Waals surface area (Å²) >= 11 is 0. The molecule has 7 nitrogen and oxygen atoms in total. The van der Waals surface area contributed by atoms with E-state index in [4.69, 9.17) is 0 Å². The number of piperidine rings is 1.